The van der Waals surface area contributed by atoms with E-state index in [4.69, 9.17) is 4.42 Å². The molecule has 1 aliphatic rings. The van der Waals surface area contributed by atoms with Crippen molar-refractivity contribution < 1.29 is 14.0 Å². The molecule has 0 atom stereocenters. The van der Waals surface area contributed by atoms with Crippen molar-refractivity contribution in [2.45, 2.75) is 26.3 Å². The third-order valence-electron chi connectivity index (χ3n) is 3.96. The molecule has 0 spiro atoms. The van der Waals surface area contributed by atoms with Crippen LogP contribution in [-0.2, 0) is 0 Å². The number of nitrogens with one attached hydrogen (secondary N) is 1. The summed E-state index contributed by atoms with van der Waals surface area (Å²) >= 11 is 0. The molecule has 138 valence electrons. The Hall–Kier alpha value is -2.90. The van der Waals surface area contributed by atoms with Crippen LogP contribution in [0.1, 0.15) is 41.8 Å². The highest BCUT2D eigenvalue weighted by Gasteiger charge is 2.27. The zero-order valence-electron chi connectivity index (χ0n) is 15.2. The highest BCUT2D eigenvalue weighted by atomic mass is 16.3. The number of furan rings is 1. The van der Waals surface area contributed by atoms with E-state index in [0.29, 0.717) is 43.5 Å². The molecule has 8 heteroatoms. The van der Waals surface area contributed by atoms with Crippen LogP contribution in [0.25, 0.3) is 0 Å². The smallest absolute Gasteiger partial charge is 0.289 e. The van der Waals surface area contributed by atoms with Gasteiger partial charge in [0.15, 0.2) is 5.76 Å². The first-order valence-corrected chi connectivity index (χ1v) is 8.56. The molecule has 1 N–H and O–H groups in total. The van der Waals surface area contributed by atoms with Crippen LogP contribution in [0.3, 0.4) is 0 Å². The maximum absolute atomic E-state index is 12.6. The van der Waals surface area contributed by atoms with Crippen LogP contribution in [-0.4, -0.2) is 63.3 Å². The van der Waals surface area contributed by atoms with Crippen molar-refractivity contribution >= 4 is 17.6 Å². The molecule has 2 aromatic heterocycles. The van der Waals surface area contributed by atoms with Gasteiger partial charge < -0.3 is 19.5 Å². The van der Waals surface area contributed by atoms with Gasteiger partial charge in [-0.05, 0) is 32.9 Å². The summed E-state index contributed by atoms with van der Waals surface area (Å²) in [4.78, 5) is 36.7. The first-order chi connectivity index (χ1) is 12.3. The Kier molecular flexibility index (Phi) is 4.92. The molecule has 0 unspecified atom stereocenters. The summed E-state index contributed by atoms with van der Waals surface area (Å²) in [5.41, 5.74) is 0.173. The van der Waals surface area contributed by atoms with E-state index in [2.05, 4.69) is 15.3 Å². The van der Waals surface area contributed by atoms with Gasteiger partial charge in [-0.1, -0.05) is 0 Å². The van der Waals surface area contributed by atoms with Crippen LogP contribution >= 0.6 is 0 Å². The number of amides is 2. The average molecular weight is 357 g/mol. The van der Waals surface area contributed by atoms with Gasteiger partial charge in [0, 0.05) is 31.7 Å². The average Bonchev–Trinajstić information content (AvgIpc) is 3.14. The van der Waals surface area contributed by atoms with E-state index in [-0.39, 0.29) is 17.4 Å². The molecule has 0 aromatic carbocycles. The maximum Gasteiger partial charge on any atom is 0.289 e. The van der Waals surface area contributed by atoms with Crippen LogP contribution in [0.15, 0.2) is 35.2 Å². The first-order valence-electron chi connectivity index (χ1n) is 8.56. The van der Waals surface area contributed by atoms with Gasteiger partial charge in [0.05, 0.1) is 18.7 Å². The standard InChI is InChI=1S/C18H23N5O3/c1-18(2,3)21-15-12-19-13(11-20-15)16(24)22-6-8-23(9-7-22)17(25)14-5-4-10-26-14/h4-5,10-12H,6-9H2,1-3H3,(H,20,21). The number of rotatable bonds is 3. The van der Waals surface area contributed by atoms with Gasteiger partial charge in [-0.3, -0.25) is 9.59 Å². The van der Waals surface area contributed by atoms with Gasteiger partial charge in [0.2, 0.25) is 0 Å². The summed E-state index contributed by atoms with van der Waals surface area (Å²) in [7, 11) is 0. The number of piperazine rings is 1. The topological polar surface area (TPSA) is 91.6 Å². The molecule has 1 saturated heterocycles. The number of nitrogens with zero attached hydrogens (tertiary/aromatic N) is 4. The molecule has 0 bridgehead atoms. The van der Waals surface area contributed by atoms with E-state index in [1.807, 2.05) is 20.8 Å². The molecule has 0 saturated carbocycles. The molecule has 1 aliphatic heterocycles. The fourth-order valence-electron chi connectivity index (χ4n) is 2.72. The summed E-state index contributed by atoms with van der Waals surface area (Å²) in [6.45, 7) is 7.90. The molecule has 0 radical (unpaired) electrons. The second kappa shape index (κ2) is 7.15. The van der Waals surface area contributed by atoms with Crippen molar-refractivity contribution in [2.75, 3.05) is 31.5 Å². The van der Waals surface area contributed by atoms with Gasteiger partial charge in [-0.15, -0.1) is 0 Å². The molecular weight excluding hydrogens is 334 g/mol. The van der Waals surface area contributed by atoms with Crippen LogP contribution in [0.2, 0.25) is 0 Å². The van der Waals surface area contributed by atoms with Gasteiger partial charge in [-0.25, -0.2) is 9.97 Å². The second-order valence-electron chi connectivity index (χ2n) is 7.22. The van der Waals surface area contributed by atoms with Crippen molar-refractivity contribution in [1.29, 1.82) is 0 Å². The molecule has 2 aromatic rings. The molecule has 2 amide bonds. The Labute approximate surface area is 152 Å². The molecule has 3 rings (SSSR count). The minimum Gasteiger partial charge on any atom is -0.459 e. The van der Waals surface area contributed by atoms with E-state index >= 15 is 0 Å². The summed E-state index contributed by atoms with van der Waals surface area (Å²) in [5.74, 6) is 0.616. The van der Waals surface area contributed by atoms with Crippen LogP contribution in [0.5, 0.6) is 0 Å². The molecule has 8 nitrogen and oxygen atoms in total. The predicted molar refractivity (Wildman–Crippen MR) is 95.9 cm³/mol. The minimum atomic E-state index is -0.176. The summed E-state index contributed by atoms with van der Waals surface area (Å²) < 4.78 is 5.14. The SMILES string of the molecule is CC(C)(C)Nc1cnc(C(=O)N2CCN(C(=O)c3ccco3)CC2)cn1. The minimum absolute atomic E-state index is 0.128. The van der Waals surface area contributed by atoms with Crippen LogP contribution in [0.4, 0.5) is 5.82 Å². The highest BCUT2D eigenvalue weighted by Crippen LogP contribution is 2.13. The van der Waals surface area contributed by atoms with Crippen molar-refractivity contribution in [1.82, 2.24) is 19.8 Å². The summed E-state index contributed by atoms with van der Waals surface area (Å²) in [6.07, 6.45) is 4.52. The zero-order chi connectivity index (χ0) is 18.7. The predicted octanol–water partition coefficient (Wildman–Crippen LogP) is 1.88. The van der Waals surface area contributed by atoms with Gasteiger partial charge in [0.25, 0.3) is 11.8 Å². The number of hydrogen-bond acceptors (Lipinski definition) is 6. The number of carbonyl (C=O) groups is 2. The normalized spacial score (nSPS) is 15.0. The van der Waals surface area contributed by atoms with Crippen molar-refractivity contribution in [3.05, 3.63) is 42.2 Å². The monoisotopic (exact) mass is 357 g/mol. The maximum atomic E-state index is 12.6. The van der Waals surface area contributed by atoms with E-state index in [1.54, 1.807) is 28.1 Å². The fourth-order valence-corrected chi connectivity index (χ4v) is 2.72. The lowest BCUT2D eigenvalue weighted by Gasteiger charge is -2.34. The third kappa shape index (κ3) is 4.19. The van der Waals surface area contributed by atoms with Crippen LogP contribution < -0.4 is 5.32 Å². The Bertz CT molecular complexity index is 757. The Morgan fingerprint density at radius 3 is 2.19 bits per heavy atom. The number of carbonyl (C=O) groups excluding carboxylic acids is 2. The lowest BCUT2D eigenvalue weighted by Crippen LogP contribution is -2.50. The highest BCUT2D eigenvalue weighted by molar-refractivity contribution is 5.93. The van der Waals surface area contributed by atoms with Gasteiger partial charge in [-0.2, -0.15) is 0 Å². The zero-order valence-corrected chi connectivity index (χ0v) is 15.2. The number of hydrogen-bond donors (Lipinski definition) is 1. The second-order valence-corrected chi connectivity index (χ2v) is 7.22. The Morgan fingerprint density at radius 1 is 1.04 bits per heavy atom. The molecule has 26 heavy (non-hydrogen) atoms. The molecular formula is C18H23N5O3. The quantitative estimate of drug-likeness (QED) is 0.902. The van der Waals surface area contributed by atoms with E-state index in [1.165, 1.54) is 12.5 Å². The fraction of sp³-hybridized carbons (Fsp3) is 0.444. The third-order valence-corrected chi connectivity index (χ3v) is 3.96. The molecule has 0 aliphatic carbocycles. The summed E-state index contributed by atoms with van der Waals surface area (Å²) in [5, 5.41) is 3.21. The lowest BCUT2D eigenvalue weighted by molar-refractivity contribution is 0.0515. The lowest BCUT2D eigenvalue weighted by atomic mass is 10.1. The number of anilines is 1. The molecule has 1 fully saturated rings. The first kappa shape index (κ1) is 17.9. The Balaban J connectivity index is 1.57. The molecule has 3 heterocycles. The van der Waals surface area contributed by atoms with Crippen molar-refractivity contribution in [3.8, 4) is 0 Å². The van der Waals surface area contributed by atoms with Gasteiger partial charge in [0.1, 0.15) is 11.5 Å². The van der Waals surface area contributed by atoms with Crippen LogP contribution in [0, 0.1) is 0 Å². The summed E-state index contributed by atoms with van der Waals surface area (Å²) in [6, 6.07) is 3.33. The van der Waals surface area contributed by atoms with Crippen molar-refractivity contribution in [3.63, 3.8) is 0 Å². The largest absolute Gasteiger partial charge is 0.459 e. The Morgan fingerprint density at radius 2 is 1.69 bits per heavy atom. The van der Waals surface area contributed by atoms with E-state index < -0.39 is 0 Å². The van der Waals surface area contributed by atoms with E-state index in [0.717, 1.165) is 0 Å². The number of aromatic nitrogens is 2. The van der Waals surface area contributed by atoms with E-state index in [9.17, 15) is 9.59 Å². The van der Waals surface area contributed by atoms with Gasteiger partial charge >= 0.3 is 0 Å². The van der Waals surface area contributed by atoms with Crippen molar-refractivity contribution in [2.24, 2.45) is 0 Å².